The topological polar surface area (TPSA) is 61.9 Å². The van der Waals surface area contributed by atoms with Crippen LogP contribution in [0.1, 0.15) is 17.1 Å². The molecule has 0 amide bonds. The van der Waals surface area contributed by atoms with Crippen LogP contribution in [0, 0.1) is 11.3 Å². The summed E-state index contributed by atoms with van der Waals surface area (Å²) in [5, 5.41) is 11.8. The van der Waals surface area contributed by atoms with Gasteiger partial charge in [-0.25, -0.2) is 0 Å². The predicted molar refractivity (Wildman–Crippen MR) is 58.2 cm³/mol. The third-order valence-corrected chi connectivity index (χ3v) is 2.15. The van der Waals surface area contributed by atoms with Gasteiger partial charge in [0.1, 0.15) is 11.8 Å². The Hall–Kier alpha value is -2.12. The second kappa shape index (κ2) is 5.10. The maximum absolute atomic E-state index is 8.58. The van der Waals surface area contributed by atoms with Crippen LogP contribution in [-0.4, -0.2) is 4.98 Å². The Kier molecular flexibility index (Phi) is 3.31. The Bertz CT molecular complexity index is 484. The number of nitrogens with one attached hydrogen (secondary N) is 1. The van der Waals surface area contributed by atoms with Gasteiger partial charge in [0, 0.05) is 18.9 Å². The Morgan fingerprint density at radius 3 is 2.69 bits per heavy atom. The minimum Gasteiger partial charge on any atom is -0.449 e. The third-order valence-electron chi connectivity index (χ3n) is 2.15. The fraction of sp³-hybridized carbons (Fsp3) is 0.167. The number of furan rings is 1. The number of rotatable bonds is 4. The molecule has 0 saturated heterocycles. The van der Waals surface area contributed by atoms with Crippen LogP contribution in [0.25, 0.3) is 0 Å². The zero-order valence-electron chi connectivity index (χ0n) is 8.68. The first-order valence-electron chi connectivity index (χ1n) is 4.97. The monoisotopic (exact) mass is 213 g/mol. The second-order valence-corrected chi connectivity index (χ2v) is 3.34. The van der Waals surface area contributed by atoms with E-state index in [1.54, 1.807) is 24.5 Å². The van der Waals surface area contributed by atoms with Gasteiger partial charge in [-0.1, -0.05) is 0 Å². The van der Waals surface area contributed by atoms with Crippen LogP contribution in [0.4, 0.5) is 0 Å². The first-order chi connectivity index (χ1) is 7.88. The quantitative estimate of drug-likeness (QED) is 0.841. The van der Waals surface area contributed by atoms with Crippen LogP contribution < -0.4 is 5.32 Å². The fourth-order valence-electron chi connectivity index (χ4n) is 1.36. The van der Waals surface area contributed by atoms with Crippen molar-refractivity contribution in [2.24, 2.45) is 0 Å². The van der Waals surface area contributed by atoms with E-state index in [1.165, 1.54) is 5.56 Å². The van der Waals surface area contributed by atoms with Gasteiger partial charge in [-0.2, -0.15) is 5.26 Å². The van der Waals surface area contributed by atoms with Gasteiger partial charge in [0.05, 0.1) is 6.54 Å². The molecule has 0 fully saturated rings. The number of aromatic nitrogens is 1. The summed E-state index contributed by atoms with van der Waals surface area (Å²) in [6.07, 6.45) is 3.52. The van der Waals surface area contributed by atoms with Crippen molar-refractivity contribution in [3.8, 4) is 6.07 Å². The van der Waals surface area contributed by atoms with E-state index >= 15 is 0 Å². The van der Waals surface area contributed by atoms with E-state index in [1.807, 2.05) is 18.2 Å². The van der Waals surface area contributed by atoms with Crippen LogP contribution in [0.5, 0.6) is 0 Å². The third kappa shape index (κ3) is 2.69. The van der Waals surface area contributed by atoms with Crippen molar-refractivity contribution in [1.29, 1.82) is 5.26 Å². The molecule has 0 aromatic carbocycles. The molecule has 0 unspecified atom stereocenters. The molecule has 0 radical (unpaired) electrons. The molecule has 2 aromatic heterocycles. The lowest BCUT2D eigenvalue weighted by molar-refractivity contribution is 0.474. The molecule has 4 heteroatoms. The van der Waals surface area contributed by atoms with Crippen LogP contribution in [0.3, 0.4) is 0 Å². The number of nitrogens with zero attached hydrogens (tertiary/aromatic N) is 2. The summed E-state index contributed by atoms with van der Waals surface area (Å²) >= 11 is 0. The zero-order chi connectivity index (χ0) is 11.2. The average molecular weight is 213 g/mol. The van der Waals surface area contributed by atoms with Crippen LogP contribution in [0.2, 0.25) is 0 Å². The van der Waals surface area contributed by atoms with Crippen molar-refractivity contribution >= 4 is 0 Å². The Balaban J connectivity index is 1.83. The molecular weight excluding hydrogens is 202 g/mol. The van der Waals surface area contributed by atoms with Gasteiger partial charge < -0.3 is 9.73 Å². The summed E-state index contributed by atoms with van der Waals surface area (Å²) in [5.41, 5.74) is 1.17. The van der Waals surface area contributed by atoms with Gasteiger partial charge in [0.25, 0.3) is 0 Å². The van der Waals surface area contributed by atoms with E-state index in [2.05, 4.69) is 10.3 Å². The van der Waals surface area contributed by atoms with Gasteiger partial charge in [-0.05, 0) is 29.8 Å². The standard InChI is InChI=1S/C12H11N3O/c13-7-11-1-2-12(16-11)9-15-8-10-3-5-14-6-4-10/h1-6,15H,8-9H2. The molecule has 0 spiro atoms. The van der Waals surface area contributed by atoms with Crippen LogP contribution in [-0.2, 0) is 13.1 Å². The van der Waals surface area contributed by atoms with Gasteiger partial charge in [0.15, 0.2) is 0 Å². The van der Waals surface area contributed by atoms with Gasteiger partial charge in [0.2, 0.25) is 5.76 Å². The van der Waals surface area contributed by atoms with E-state index in [-0.39, 0.29) is 0 Å². The summed E-state index contributed by atoms with van der Waals surface area (Å²) in [6, 6.07) is 9.33. The smallest absolute Gasteiger partial charge is 0.203 e. The van der Waals surface area contributed by atoms with E-state index in [0.29, 0.717) is 12.3 Å². The Morgan fingerprint density at radius 1 is 1.19 bits per heavy atom. The molecule has 0 atom stereocenters. The molecule has 0 saturated carbocycles. The second-order valence-electron chi connectivity index (χ2n) is 3.34. The van der Waals surface area contributed by atoms with E-state index in [9.17, 15) is 0 Å². The highest BCUT2D eigenvalue weighted by molar-refractivity contribution is 5.19. The van der Waals surface area contributed by atoms with E-state index in [4.69, 9.17) is 9.68 Å². The minimum atomic E-state index is 0.348. The highest BCUT2D eigenvalue weighted by atomic mass is 16.3. The molecule has 0 bridgehead atoms. The number of pyridine rings is 1. The molecule has 0 aliphatic carbocycles. The first-order valence-corrected chi connectivity index (χ1v) is 4.97. The van der Waals surface area contributed by atoms with Gasteiger partial charge >= 0.3 is 0 Å². The lowest BCUT2D eigenvalue weighted by Gasteiger charge is -2.01. The van der Waals surface area contributed by atoms with Crippen molar-refractivity contribution in [3.05, 3.63) is 53.7 Å². The van der Waals surface area contributed by atoms with E-state index < -0.39 is 0 Å². The van der Waals surface area contributed by atoms with Gasteiger partial charge in [-0.3, -0.25) is 4.98 Å². The van der Waals surface area contributed by atoms with Crippen LogP contribution in [0.15, 0.2) is 41.1 Å². The van der Waals surface area contributed by atoms with Crippen molar-refractivity contribution < 1.29 is 4.42 Å². The molecule has 4 nitrogen and oxygen atoms in total. The molecule has 0 aliphatic heterocycles. The lowest BCUT2D eigenvalue weighted by Crippen LogP contribution is -2.11. The normalized spacial score (nSPS) is 9.94. The maximum Gasteiger partial charge on any atom is 0.203 e. The summed E-state index contributed by atoms with van der Waals surface area (Å²) in [4.78, 5) is 3.94. The summed E-state index contributed by atoms with van der Waals surface area (Å²) in [5.74, 6) is 1.12. The van der Waals surface area contributed by atoms with Crippen molar-refractivity contribution in [2.45, 2.75) is 13.1 Å². The molecule has 16 heavy (non-hydrogen) atoms. The SMILES string of the molecule is N#Cc1ccc(CNCc2ccncc2)o1. The number of nitriles is 1. The maximum atomic E-state index is 8.58. The summed E-state index contributed by atoms with van der Waals surface area (Å²) < 4.78 is 5.23. The molecule has 2 aromatic rings. The molecular formula is C12H11N3O. The molecule has 1 N–H and O–H groups in total. The summed E-state index contributed by atoms with van der Waals surface area (Å²) in [7, 11) is 0. The summed E-state index contributed by atoms with van der Waals surface area (Å²) in [6.45, 7) is 1.37. The largest absolute Gasteiger partial charge is 0.449 e. The molecule has 80 valence electrons. The fourth-order valence-corrected chi connectivity index (χ4v) is 1.36. The van der Waals surface area contributed by atoms with Crippen molar-refractivity contribution in [3.63, 3.8) is 0 Å². The average Bonchev–Trinajstić information content (AvgIpc) is 2.78. The Labute approximate surface area is 93.5 Å². The van der Waals surface area contributed by atoms with Gasteiger partial charge in [-0.15, -0.1) is 0 Å². The zero-order valence-corrected chi connectivity index (χ0v) is 8.68. The molecule has 0 aliphatic rings. The minimum absolute atomic E-state index is 0.348. The number of hydrogen-bond acceptors (Lipinski definition) is 4. The predicted octanol–water partition coefficient (Wildman–Crippen LogP) is 1.84. The highest BCUT2D eigenvalue weighted by Gasteiger charge is 2.00. The Morgan fingerprint density at radius 2 is 2.00 bits per heavy atom. The van der Waals surface area contributed by atoms with Crippen molar-refractivity contribution in [1.82, 2.24) is 10.3 Å². The molecule has 2 heterocycles. The van der Waals surface area contributed by atoms with Crippen molar-refractivity contribution in [2.75, 3.05) is 0 Å². The van der Waals surface area contributed by atoms with E-state index in [0.717, 1.165) is 12.3 Å². The number of hydrogen-bond donors (Lipinski definition) is 1. The highest BCUT2D eigenvalue weighted by Crippen LogP contribution is 2.06. The van der Waals surface area contributed by atoms with Crippen LogP contribution >= 0.6 is 0 Å². The molecule has 2 rings (SSSR count). The first kappa shape index (κ1) is 10.4. The lowest BCUT2D eigenvalue weighted by atomic mass is 10.3.